The van der Waals surface area contributed by atoms with Crippen LogP contribution >= 0.6 is 48.0 Å². The van der Waals surface area contributed by atoms with Crippen molar-refractivity contribution in [3.05, 3.63) is 71.8 Å². The maximum absolute atomic E-state index is 14.9. The van der Waals surface area contributed by atoms with Crippen LogP contribution in [0.2, 0.25) is 0 Å². The van der Waals surface area contributed by atoms with E-state index in [1.165, 1.54) is 9.80 Å². The molecule has 472 valence electrons. The Morgan fingerprint density at radius 1 is 0.558 bits per heavy atom. The zero-order valence-corrected chi connectivity index (χ0v) is 55.5. The third kappa shape index (κ3) is 16.5. The maximum Gasteiger partial charge on any atom is 0.410 e. The van der Waals surface area contributed by atoms with Gasteiger partial charge in [0.25, 0.3) is 0 Å². The first kappa shape index (κ1) is 67.8. The number of amides is 8. The Labute approximate surface area is 527 Å². The highest BCUT2D eigenvalue weighted by molar-refractivity contribution is 8.00. The molecule has 10 atom stereocenters. The van der Waals surface area contributed by atoms with Crippen LogP contribution in [0.5, 0.6) is 0 Å². The van der Waals surface area contributed by atoms with Crippen molar-refractivity contribution in [3.63, 3.8) is 0 Å². The lowest BCUT2D eigenvalue weighted by Crippen LogP contribution is -2.59. The number of nitrogens with zero attached hydrogens (tertiary/aromatic N) is 4. The van der Waals surface area contributed by atoms with Gasteiger partial charge >= 0.3 is 12.2 Å². The van der Waals surface area contributed by atoms with Gasteiger partial charge in [0.2, 0.25) is 35.4 Å². The van der Waals surface area contributed by atoms with Crippen LogP contribution in [0.3, 0.4) is 0 Å². The lowest BCUT2D eigenvalue weighted by molar-refractivity contribution is -0.143. The maximum atomic E-state index is 14.9. The topological polar surface area (TPSA) is 240 Å². The summed E-state index contributed by atoms with van der Waals surface area (Å²) in [5.74, 6) is -1.09. The smallest absolute Gasteiger partial charge is 0.410 e. The largest absolute Gasteiger partial charge is 0.444 e. The monoisotopic (exact) mass is 1260 g/mol. The highest BCUT2D eigenvalue weighted by atomic mass is 32.2. The summed E-state index contributed by atoms with van der Waals surface area (Å²) in [6.45, 7) is 22.0. The number of ether oxygens (including phenoxy) is 2. The summed E-state index contributed by atoms with van der Waals surface area (Å²) >= 11 is 14.8. The highest BCUT2D eigenvalue weighted by Gasteiger charge is 2.57. The van der Waals surface area contributed by atoms with Crippen molar-refractivity contribution >= 4 is 106 Å². The number of likely N-dealkylation sites (N-methyl/N-ethyl adjacent to an activating group) is 2. The Bertz CT molecular complexity index is 2650. The van der Waals surface area contributed by atoms with Crippen LogP contribution in [0.25, 0.3) is 0 Å². The second kappa shape index (κ2) is 27.8. The fourth-order valence-corrected chi connectivity index (χ4v) is 15.7. The molecule has 0 aromatic heterocycles. The fraction of sp³-hybridized carbons (Fsp3) is 0.645. The van der Waals surface area contributed by atoms with E-state index in [2.05, 4.69) is 31.9 Å². The molecule has 20 nitrogen and oxygen atoms in total. The molecule has 4 aliphatic heterocycles. The molecule has 7 rings (SSSR count). The van der Waals surface area contributed by atoms with Crippen LogP contribution in [-0.4, -0.2) is 173 Å². The fourth-order valence-electron chi connectivity index (χ4n) is 11.9. The Morgan fingerprint density at radius 2 is 0.884 bits per heavy atom. The molecule has 2 aromatic rings. The van der Waals surface area contributed by atoms with Crippen molar-refractivity contribution in [1.29, 1.82) is 0 Å². The summed E-state index contributed by atoms with van der Waals surface area (Å²) < 4.78 is 11.1. The second-order valence-electron chi connectivity index (χ2n) is 26.8. The lowest BCUT2D eigenvalue weighted by atomic mass is 9.83. The van der Waals surface area contributed by atoms with Crippen LogP contribution in [-0.2, 0) is 38.2 Å². The molecule has 0 radical (unpaired) electrons. The van der Waals surface area contributed by atoms with Gasteiger partial charge in [0.15, 0.2) is 0 Å². The molecule has 4 saturated heterocycles. The first-order valence-electron chi connectivity index (χ1n) is 29.9. The number of fused-ring (bicyclic) bond motifs is 2. The molecule has 5 aliphatic rings. The molecular formula is C62H90N10O10S4. The number of thiocarbonyl (C=S) groups is 2. The van der Waals surface area contributed by atoms with Gasteiger partial charge in [-0.1, -0.05) is 113 Å². The number of thioether (sulfide) groups is 2. The van der Waals surface area contributed by atoms with E-state index >= 15 is 0 Å². The zero-order chi connectivity index (χ0) is 63.4. The minimum absolute atomic E-state index is 0.288. The minimum Gasteiger partial charge on any atom is -0.444 e. The molecule has 8 amide bonds. The van der Waals surface area contributed by atoms with E-state index in [9.17, 15) is 38.4 Å². The highest BCUT2D eigenvalue weighted by Crippen LogP contribution is 2.48. The van der Waals surface area contributed by atoms with Crippen molar-refractivity contribution in [2.75, 3.05) is 25.6 Å². The summed E-state index contributed by atoms with van der Waals surface area (Å²) in [5, 5.41) is 18.4. The molecular weight excluding hydrogens is 1170 g/mol. The third-order valence-corrected chi connectivity index (χ3v) is 20.2. The number of carbonyl (C=O) groups excluding carboxylic acids is 8. The predicted molar refractivity (Wildman–Crippen MR) is 343 cm³/mol. The molecule has 6 N–H and O–H groups in total. The van der Waals surface area contributed by atoms with Gasteiger partial charge in [0.05, 0.1) is 32.8 Å². The molecule has 0 unspecified atom stereocenters. The molecule has 1 saturated carbocycles. The van der Waals surface area contributed by atoms with Crippen LogP contribution in [0.4, 0.5) is 9.59 Å². The third-order valence-electron chi connectivity index (χ3n) is 16.8. The first-order chi connectivity index (χ1) is 40.2. The van der Waals surface area contributed by atoms with Gasteiger partial charge in [-0.25, -0.2) is 9.59 Å². The van der Waals surface area contributed by atoms with Crippen LogP contribution < -0.4 is 31.9 Å². The Hall–Kier alpha value is -5.72. The SMILES string of the molecule is C[C@@H](C(=S)N[C@H]1CCS[C@H]2CC(C)(C)[C@@H](C(=O)N[C@H](C(=O)NC3CCC(NC(=O)[C@@H](NC(=O)[C@H]4N5C(=O)[C@@H](NC(=S)[C@H](C)N(C)C(=O)OC(C)(C)C)CCS[C@H]5CC4(C)C)c4ccccc4)CC3)c3ccccc3)N2C1=O)N(C)C(=O)OC(C)(C)C. The number of rotatable bonds is 16. The predicted octanol–water partition coefficient (Wildman–Crippen LogP) is 7.51. The van der Waals surface area contributed by atoms with Gasteiger partial charge in [0, 0.05) is 26.2 Å². The number of carbonyl (C=O) groups is 8. The van der Waals surface area contributed by atoms with Gasteiger partial charge in [-0.2, -0.15) is 0 Å². The van der Waals surface area contributed by atoms with Crippen molar-refractivity contribution in [2.24, 2.45) is 10.8 Å². The van der Waals surface area contributed by atoms with Crippen molar-refractivity contribution < 1.29 is 47.8 Å². The average Bonchev–Trinajstić information content (AvgIpc) is 1.67. The van der Waals surface area contributed by atoms with E-state index in [1.54, 1.807) is 151 Å². The molecule has 24 heteroatoms. The summed E-state index contributed by atoms with van der Waals surface area (Å²) in [6, 6.07) is 10.6. The van der Waals surface area contributed by atoms with Gasteiger partial charge in [-0.3, -0.25) is 28.8 Å². The van der Waals surface area contributed by atoms with E-state index in [4.69, 9.17) is 33.9 Å². The van der Waals surface area contributed by atoms with E-state index in [-0.39, 0.29) is 44.6 Å². The Morgan fingerprint density at radius 3 is 1.20 bits per heavy atom. The van der Waals surface area contributed by atoms with E-state index < -0.39 is 106 Å². The summed E-state index contributed by atoms with van der Waals surface area (Å²) in [5.41, 5.74) is -1.64. The molecule has 2 aromatic carbocycles. The molecule has 0 spiro atoms. The standard InChI is InChI=1S/C62H90N10O10S4/c1-35(69(13)57(79)81-59(3,4)5)53(83)65-41-29-31-85-43-33-61(9,10)47(71(43)55(41)77)51(75)67-45(37-21-17-15-18-22-37)49(73)63-39-25-27-40(28-26-39)64-50(74)46(38-23-19-16-20-24-38)68-52(76)48-62(11,12)34-44-72(48)56(78)42(30-32-86-44)66-54(84)36(2)70(14)58(80)82-60(6,7)8/h15-24,35-36,39-48H,25-34H2,1-14H3,(H,63,73)(H,64,74)(H,65,83)(H,66,84)(H,67,75)(H,68,76)/t35-,36-,39?,40?,41-,42-,43-,44-,45-,46-,47+,48+/m0/s1. The first-order valence-corrected chi connectivity index (χ1v) is 32.8. The van der Waals surface area contributed by atoms with Gasteiger partial charge in [0.1, 0.15) is 47.5 Å². The molecule has 1 aliphatic carbocycles. The normalized spacial score (nSPS) is 25.8. The molecule has 4 heterocycles. The minimum atomic E-state index is -1.10. The average molecular weight is 1260 g/mol. The number of hydrogen-bond donors (Lipinski definition) is 6. The lowest BCUT2D eigenvalue weighted by Gasteiger charge is -2.36. The summed E-state index contributed by atoms with van der Waals surface area (Å²) in [4.78, 5) is 121. The van der Waals surface area contributed by atoms with E-state index in [0.717, 1.165) is 0 Å². The molecule has 0 bridgehead atoms. The van der Waals surface area contributed by atoms with Gasteiger partial charge in [-0.15, -0.1) is 23.5 Å². The van der Waals surface area contributed by atoms with E-state index in [1.807, 2.05) is 39.8 Å². The van der Waals surface area contributed by atoms with Crippen LogP contribution in [0.15, 0.2) is 60.7 Å². The van der Waals surface area contributed by atoms with Crippen LogP contribution in [0, 0.1) is 10.8 Å². The zero-order valence-electron chi connectivity index (χ0n) is 52.3. The summed E-state index contributed by atoms with van der Waals surface area (Å²) in [7, 11) is 3.18. The van der Waals surface area contributed by atoms with Gasteiger partial charge < -0.3 is 61.0 Å². The second-order valence-corrected chi connectivity index (χ2v) is 30.3. The molecule has 86 heavy (non-hydrogen) atoms. The Kier molecular flexibility index (Phi) is 21.9. The van der Waals surface area contributed by atoms with Crippen molar-refractivity contribution in [1.82, 2.24) is 51.5 Å². The van der Waals surface area contributed by atoms with Crippen molar-refractivity contribution in [2.45, 2.75) is 217 Å². The van der Waals surface area contributed by atoms with Gasteiger partial charge in [-0.05, 0) is 140 Å². The van der Waals surface area contributed by atoms with Crippen molar-refractivity contribution in [3.8, 4) is 0 Å². The quantitative estimate of drug-likeness (QED) is 0.0892. The molecule has 5 fully saturated rings. The number of benzene rings is 2. The number of hydrogen-bond acceptors (Lipinski definition) is 14. The van der Waals surface area contributed by atoms with Crippen LogP contribution in [0.1, 0.15) is 158 Å². The van der Waals surface area contributed by atoms with E-state index in [0.29, 0.717) is 74.0 Å². The number of nitrogens with one attached hydrogen (secondary N) is 6. The Balaban J connectivity index is 0.990. The summed E-state index contributed by atoms with van der Waals surface area (Å²) in [6.07, 6.45) is 2.90.